The third-order valence-electron chi connectivity index (χ3n) is 3.76. The van der Waals surface area contributed by atoms with Crippen molar-refractivity contribution in [2.24, 2.45) is 11.8 Å². The van der Waals surface area contributed by atoms with E-state index in [0.29, 0.717) is 5.56 Å². The molecule has 0 bridgehead atoms. The van der Waals surface area contributed by atoms with E-state index in [9.17, 15) is 24.2 Å². The van der Waals surface area contributed by atoms with Crippen molar-refractivity contribution < 1.29 is 24.2 Å². The fourth-order valence-corrected chi connectivity index (χ4v) is 2.59. The van der Waals surface area contributed by atoms with Gasteiger partial charge in [-0.05, 0) is 36.1 Å². The molecule has 0 aromatic heterocycles. The van der Waals surface area contributed by atoms with Gasteiger partial charge in [-0.15, -0.1) is 0 Å². The molecule has 120 valence electrons. The van der Waals surface area contributed by atoms with Crippen molar-refractivity contribution in [1.82, 2.24) is 0 Å². The van der Waals surface area contributed by atoms with Crippen molar-refractivity contribution in [3.63, 3.8) is 0 Å². The zero-order valence-corrected chi connectivity index (χ0v) is 12.4. The quantitative estimate of drug-likeness (QED) is 0.823. The monoisotopic (exact) mass is 316 g/mol. The molecule has 2 aromatic rings. The van der Waals surface area contributed by atoms with Gasteiger partial charge in [0.25, 0.3) is 0 Å². The van der Waals surface area contributed by atoms with Crippen LogP contribution >= 0.6 is 0 Å². The number of hydrogen-bond acceptors (Lipinski definition) is 2. The Balaban J connectivity index is 2.24. The number of rotatable bonds is 7. The normalized spacial score (nSPS) is 13.3. The largest absolute Gasteiger partial charge is 0.481 e. The van der Waals surface area contributed by atoms with Crippen molar-refractivity contribution in [3.05, 3.63) is 71.5 Å². The van der Waals surface area contributed by atoms with Crippen LogP contribution in [0, 0.1) is 17.7 Å². The Morgan fingerprint density at radius 2 is 1.35 bits per heavy atom. The lowest BCUT2D eigenvalue weighted by Gasteiger charge is -2.20. The predicted octanol–water partition coefficient (Wildman–Crippen LogP) is 3.01. The minimum atomic E-state index is -1.20. The van der Waals surface area contributed by atoms with Crippen LogP contribution in [-0.4, -0.2) is 22.2 Å². The molecule has 0 saturated carbocycles. The van der Waals surface area contributed by atoms with E-state index in [1.165, 1.54) is 18.2 Å². The van der Waals surface area contributed by atoms with Gasteiger partial charge in [0.1, 0.15) is 5.82 Å². The summed E-state index contributed by atoms with van der Waals surface area (Å²) in [5, 5.41) is 18.9. The molecule has 0 heterocycles. The van der Waals surface area contributed by atoms with Crippen LogP contribution in [0.15, 0.2) is 54.6 Å². The van der Waals surface area contributed by atoms with Gasteiger partial charge >= 0.3 is 11.9 Å². The molecular weight excluding hydrogens is 299 g/mol. The van der Waals surface area contributed by atoms with E-state index >= 15 is 0 Å². The predicted molar refractivity (Wildman–Crippen MR) is 82.5 cm³/mol. The fourth-order valence-electron chi connectivity index (χ4n) is 2.59. The standard InChI is InChI=1S/C18H17FO4/c19-14-8-4-7-13(9-14)11-16(18(22)23)15(17(20)21)10-12-5-2-1-3-6-12/h1-9,15-16H,10-11H2,(H,20,21)(H,22,23)/t15-,16-/m0/s1. The molecule has 0 radical (unpaired) electrons. The summed E-state index contributed by atoms with van der Waals surface area (Å²) in [5.74, 6) is -5.05. The van der Waals surface area contributed by atoms with Crippen LogP contribution in [0.3, 0.4) is 0 Å². The Bertz CT molecular complexity index is 684. The Morgan fingerprint density at radius 3 is 1.87 bits per heavy atom. The first-order valence-corrected chi connectivity index (χ1v) is 7.21. The molecule has 0 spiro atoms. The molecule has 0 aliphatic rings. The maximum Gasteiger partial charge on any atom is 0.307 e. The van der Waals surface area contributed by atoms with Gasteiger partial charge in [-0.3, -0.25) is 9.59 Å². The van der Waals surface area contributed by atoms with Crippen molar-refractivity contribution in [2.75, 3.05) is 0 Å². The fraction of sp³-hybridized carbons (Fsp3) is 0.222. The zero-order valence-electron chi connectivity index (χ0n) is 12.4. The van der Waals surface area contributed by atoms with Gasteiger partial charge in [-0.25, -0.2) is 4.39 Å². The van der Waals surface area contributed by atoms with Gasteiger partial charge < -0.3 is 10.2 Å². The Kier molecular flexibility index (Phi) is 5.46. The molecule has 2 rings (SSSR count). The third-order valence-corrected chi connectivity index (χ3v) is 3.76. The molecule has 0 saturated heterocycles. The molecule has 0 amide bonds. The lowest BCUT2D eigenvalue weighted by atomic mass is 9.83. The van der Waals surface area contributed by atoms with E-state index in [-0.39, 0.29) is 12.8 Å². The van der Waals surface area contributed by atoms with Crippen molar-refractivity contribution in [2.45, 2.75) is 12.8 Å². The van der Waals surface area contributed by atoms with Gasteiger partial charge in [-0.2, -0.15) is 0 Å². The highest BCUT2D eigenvalue weighted by Gasteiger charge is 2.34. The Morgan fingerprint density at radius 1 is 0.826 bits per heavy atom. The van der Waals surface area contributed by atoms with E-state index in [2.05, 4.69) is 0 Å². The lowest BCUT2D eigenvalue weighted by molar-refractivity contribution is -0.153. The van der Waals surface area contributed by atoms with Crippen LogP contribution in [0.1, 0.15) is 11.1 Å². The molecule has 2 N–H and O–H groups in total. The van der Waals surface area contributed by atoms with Crippen LogP contribution in [0.4, 0.5) is 4.39 Å². The molecular formula is C18H17FO4. The zero-order chi connectivity index (χ0) is 16.8. The van der Waals surface area contributed by atoms with Crippen LogP contribution < -0.4 is 0 Å². The Hall–Kier alpha value is -2.69. The summed E-state index contributed by atoms with van der Waals surface area (Å²) in [6, 6.07) is 14.5. The number of aliphatic carboxylic acids is 2. The number of benzene rings is 2. The molecule has 23 heavy (non-hydrogen) atoms. The van der Waals surface area contributed by atoms with Crippen LogP contribution in [-0.2, 0) is 22.4 Å². The second-order valence-corrected chi connectivity index (χ2v) is 5.41. The highest BCUT2D eigenvalue weighted by molar-refractivity contribution is 5.80. The molecule has 0 aliphatic heterocycles. The van der Waals surface area contributed by atoms with Crippen LogP contribution in [0.5, 0.6) is 0 Å². The molecule has 0 unspecified atom stereocenters. The number of carbonyl (C=O) groups is 2. The topological polar surface area (TPSA) is 74.6 Å². The van der Waals surface area contributed by atoms with E-state index in [0.717, 1.165) is 5.56 Å². The summed E-state index contributed by atoms with van der Waals surface area (Å²) in [7, 11) is 0. The highest BCUT2D eigenvalue weighted by atomic mass is 19.1. The van der Waals surface area contributed by atoms with Gasteiger partial charge in [0, 0.05) is 0 Å². The Labute approximate surface area is 133 Å². The van der Waals surface area contributed by atoms with Gasteiger partial charge in [0.05, 0.1) is 11.8 Å². The number of halogens is 1. The second-order valence-electron chi connectivity index (χ2n) is 5.41. The number of carboxylic acid groups (broad SMARTS) is 2. The van der Waals surface area contributed by atoms with Crippen molar-refractivity contribution >= 4 is 11.9 Å². The number of carboxylic acids is 2. The summed E-state index contributed by atoms with van der Waals surface area (Å²) in [4.78, 5) is 23.1. The lowest BCUT2D eigenvalue weighted by Crippen LogP contribution is -2.33. The van der Waals surface area contributed by atoms with E-state index < -0.39 is 29.6 Å². The van der Waals surface area contributed by atoms with Crippen LogP contribution in [0.2, 0.25) is 0 Å². The summed E-state index contributed by atoms with van der Waals surface area (Å²) in [5.41, 5.74) is 1.22. The van der Waals surface area contributed by atoms with Gasteiger partial charge in [0.15, 0.2) is 0 Å². The molecule has 5 heteroatoms. The average Bonchev–Trinajstić information content (AvgIpc) is 2.51. The smallest absolute Gasteiger partial charge is 0.307 e. The molecule has 0 fully saturated rings. The van der Waals surface area contributed by atoms with Gasteiger partial charge in [0.2, 0.25) is 0 Å². The molecule has 0 aliphatic carbocycles. The second kappa shape index (κ2) is 7.54. The summed E-state index contributed by atoms with van der Waals surface area (Å²) in [6.45, 7) is 0. The first-order chi connectivity index (χ1) is 11.0. The summed E-state index contributed by atoms with van der Waals surface area (Å²) < 4.78 is 13.3. The maximum atomic E-state index is 13.3. The highest BCUT2D eigenvalue weighted by Crippen LogP contribution is 2.23. The summed E-state index contributed by atoms with van der Waals surface area (Å²) >= 11 is 0. The van der Waals surface area contributed by atoms with E-state index in [1.807, 2.05) is 0 Å². The summed E-state index contributed by atoms with van der Waals surface area (Å²) in [6.07, 6.45) is 0.0827. The van der Waals surface area contributed by atoms with E-state index in [1.54, 1.807) is 36.4 Å². The first-order valence-electron chi connectivity index (χ1n) is 7.21. The first kappa shape index (κ1) is 16.7. The molecule has 4 nitrogen and oxygen atoms in total. The molecule has 2 aromatic carbocycles. The van der Waals surface area contributed by atoms with Crippen LogP contribution in [0.25, 0.3) is 0 Å². The minimum Gasteiger partial charge on any atom is -0.481 e. The van der Waals surface area contributed by atoms with E-state index in [4.69, 9.17) is 0 Å². The minimum absolute atomic E-state index is 0.0309. The third kappa shape index (κ3) is 4.64. The van der Waals surface area contributed by atoms with Crippen molar-refractivity contribution in [3.8, 4) is 0 Å². The molecule has 2 atom stereocenters. The maximum absolute atomic E-state index is 13.3. The number of hydrogen-bond donors (Lipinski definition) is 2. The van der Waals surface area contributed by atoms with Gasteiger partial charge in [-0.1, -0.05) is 42.5 Å². The SMILES string of the molecule is O=C(O)[C@@H](Cc1ccccc1)[C@H](Cc1cccc(F)c1)C(=O)O. The van der Waals surface area contributed by atoms with Crippen molar-refractivity contribution in [1.29, 1.82) is 0 Å². The average molecular weight is 316 g/mol.